The third kappa shape index (κ3) is 3.76. The van der Waals surface area contributed by atoms with Crippen molar-refractivity contribution >= 4 is 28.1 Å². The summed E-state index contributed by atoms with van der Waals surface area (Å²) in [4.78, 5) is 30.6. The number of nitrogens with zero attached hydrogens (tertiary/aromatic N) is 5. The monoisotopic (exact) mass is 445 g/mol. The molecular weight excluding hydrogens is 418 g/mol. The Bertz CT molecular complexity index is 1380. The molecule has 8 nitrogen and oxygen atoms in total. The Kier molecular flexibility index (Phi) is 5.60. The highest BCUT2D eigenvalue weighted by molar-refractivity contribution is 5.94. The maximum atomic E-state index is 13.3. The molecule has 1 amide bonds. The van der Waals surface area contributed by atoms with Crippen molar-refractivity contribution in [3.05, 3.63) is 76.2 Å². The molecule has 1 aliphatic rings. The number of hydrogen-bond donors (Lipinski definition) is 0. The van der Waals surface area contributed by atoms with Crippen LogP contribution < -0.4 is 10.5 Å². The molecule has 2 aromatic heterocycles. The first kappa shape index (κ1) is 21.2. The molecule has 0 bridgehead atoms. The zero-order chi connectivity index (χ0) is 22.9. The topological polar surface area (TPSA) is 72.1 Å². The molecule has 0 N–H and O–H groups in total. The number of carbonyl (C=O) groups excluding carboxylic acids is 1. The van der Waals surface area contributed by atoms with Gasteiger partial charge in [-0.3, -0.25) is 9.59 Å². The molecule has 0 radical (unpaired) electrons. The summed E-state index contributed by atoms with van der Waals surface area (Å²) in [6, 6.07) is 17.5. The van der Waals surface area contributed by atoms with Crippen molar-refractivity contribution in [2.75, 3.05) is 44.8 Å². The van der Waals surface area contributed by atoms with Crippen molar-refractivity contribution in [2.45, 2.75) is 13.5 Å². The van der Waals surface area contributed by atoms with Gasteiger partial charge in [0.1, 0.15) is 5.52 Å². The van der Waals surface area contributed by atoms with E-state index in [1.165, 1.54) is 11.3 Å². The van der Waals surface area contributed by atoms with E-state index in [9.17, 15) is 9.59 Å². The highest BCUT2D eigenvalue weighted by Crippen LogP contribution is 2.22. The van der Waals surface area contributed by atoms with Gasteiger partial charge in [-0.25, -0.2) is 4.52 Å². The predicted molar refractivity (Wildman–Crippen MR) is 128 cm³/mol. The fourth-order valence-corrected chi connectivity index (χ4v) is 4.58. The molecule has 0 unspecified atom stereocenters. The molecule has 33 heavy (non-hydrogen) atoms. The van der Waals surface area contributed by atoms with E-state index in [4.69, 9.17) is 4.74 Å². The van der Waals surface area contributed by atoms with Gasteiger partial charge in [-0.1, -0.05) is 30.3 Å². The van der Waals surface area contributed by atoms with Crippen LogP contribution in [0.2, 0.25) is 0 Å². The summed E-state index contributed by atoms with van der Waals surface area (Å²) >= 11 is 0. The number of anilines is 1. The Hall–Kier alpha value is -3.65. The summed E-state index contributed by atoms with van der Waals surface area (Å²) in [6.45, 7) is 5.70. The van der Waals surface area contributed by atoms with Crippen LogP contribution in [0.25, 0.3) is 16.6 Å². The van der Waals surface area contributed by atoms with Crippen LogP contribution in [0.4, 0.5) is 5.69 Å². The van der Waals surface area contributed by atoms with Gasteiger partial charge in [-0.05, 0) is 30.7 Å². The third-order valence-corrected chi connectivity index (χ3v) is 6.34. The highest BCUT2D eigenvalue weighted by Gasteiger charge is 2.26. The van der Waals surface area contributed by atoms with Gasteiger partial charge in [-0.15, -0.1) is 0 Å². The molecule has 0 atom stereocenters. The van der Waals surface area contributed by atoms with E-state index in [-0.39, 0.29) is 11.5 Å². The van der Waals surface area contributed by atoms with Gasteiger partial charge in [-0.2, -0.15) is 5.10 Å². The fourth-order valence-electron chi connectivity index (χ4n) is 4.58. The lowest BCUT2D eigenvalue weighted by molar-refractivity contribution is 0.0740. The summed E-state index contributed by atoms with van der Waals surface area (Å²) in [5.41, 5.74) is 4.50. The number of fused-ring (bicyclic) bond motifs is 3. The van der Waals surface area contributed by atoms with Crippen molar-refractivity contribution in [3.8, 4) is 0 Å². The summed E-state index contributed by atoms with van der Waals surface area (Å²) < 4.78 is 8.47. The molecule has 0 aliphatic carbocycles. The Morgan fingerprint density at radius 2 is 1.67 bits per heavy atom. The average molecular weight is 446 g/mol. The molecular formula is C25H27N5O3. The van der Waals surface area contributed by atoms with Gasteiger partial charge in [0.25, 0.3) is 11.5 Å². The number of hydrogen-bond acceptors (Lipinski definition) is 5. The van der Waals surface area contributed by atoms with E-state index in [0.717, 1.165) is 24.1 Å². The largest absolute Gasteiger partial charge is 0.383 e. The Balaban J connectivity index is 1.44. The summed E-state index contributed by atoms with van der Waals surface area (Å²) in [7, 11) is 1.61. The number of piperazine rings is 1. The molecule has 170 valence electrons. The summed E-state index contributed by atoms with van der Waals surface area (Å²) in [6.07, 6.45) is 0. The Morgan fingerprint density at radius 3 is 2.39 bits per heavy atom. The molecule has 2 aromatic carbocycles. The molecule has 1 aliphatic heterocycles. The van der Waals surface area contributed by atoms with Crippen molar-refractivity contribution in [2.24, 2.45) is 0 Å². The molecule has 8 heteroatoms. The molecule has 5 rings (SSSR count). The number of carbonyl (C=O) groups is 1. The zero-order valence-electron chi connectivity index (χ0n) is 18.9. The molecule has 3 heterocycles. The van der Waals surface area contributed by atoms with Crippen LogP contribution >= 0.6 is 0 Å². The van der Waals surface area contributed by atoms with E-state index >= 15 is 0 Å². The quantitative estimate of drug-likeness (QED) is 0.472. The lowest BCUT2D eigenvalue weighted by Crippen LogP contribution is -2.49. The van der Waals surface area contributed by atoms with Crippen LogP contribution in [-0.4, -0.2) is 64.9 Å². The normalized spacial score (nSPS) is 14.4. The van der Waals surface area contributed by atoms with Crippen molar-refractivity contribution in [3.63, 3.8) is 0 Å². The average Bonchev–Trinajstić information content (AvgIpc) is 3.30. The lowest BCUT2D eigenvalue weighted by atomic mass is 10.1. The second-order valence-corrected chi connectivity index (χ2v) is 8.33. The van der Waals surface area contributed by atoms with Crippen LogP contribution in [0.5, 0.6) is 0 Å². The predicted octanol–water partition coefficient (Wildman–Crippen LogP) is 2.57. The molecule has 0 spiro atoms. The lowest BCUT2D eigenvalue weighted by Gasteiger charge is -2.36. The number of aromatic nitrogens is 3. The van der Waals surface area contributed by atoms with Gasteiger partial charge in [0, 0.05) is 51.6 Å². The number of rotatable bonds is 5. The van der Waals surface area contributed by atoms with Gasteiger partial charge < -0.3 is 19.1 Å². The fraction of sp³-hybridized carbons (Fsp3) is 0.320. The summed E-state index contributed by atoms with van der Waals surface area (Å²) in [5.74, 6) is -0.143. The second-order valence-electron chi connectivity index (χ2n) is 8.33. The number of methoxy groups -OCH3 is 1. The van der Waals surface area contributed by atoms with Crippen LogP contribution in [-0.2, 0) is 11.3 Å². The van der Waals surface area contributed by atoms with Gasteiger partial charge in [0.15, 0.2) is 5.69 Å². The first-order valence-electron chi connectivity index (χ1n) is 11.2. The number of para-hydroxylation sites is 3. The zero-order valence-corrected chi connectivity index (χ0v) is 18.9. The van der Waals surface area contributed by atoms with Crippen LogP contribution in [0, 0.1) is 6.92 Å². The van der Waals surface area contributed by atoms with E-state index in [0.29, 0.717) is 37.5 Å². The number of amides is 1. The first-order valence-corrected chi connectivity index (χ1v) is 11.2. The van der Waals surface area contributed by atoms with Crippen molar-refractivity contribution < 1.29 is 9.53 Å². The highest BCUT2D eigenvalue weighted by atomic mass is 16.5. The maximum Gasteiger partial charge on any atom is 0.277 e. The number of aryl methyl sites for hydroxylation is 1. The first-order chi connectivity index (χ1) is 16.1. The minimum absolute atomic E-state index is 0.143. The number of ether oxygens (including phenoxy) is 1. The third-order valence-electron chi connectivity index (χ3n) is 6.34. The minimum Gasteiger partial charge on any atom is -0.383 e. The molecule has 1 fully saturated rings. The van der Waals surface area contributed by atoms with E-state index < -0.39 is 0 Å². The van der Waals surface area contributed by atoms with Gasteiger partial charge in [0.05, 0.1) is 17.6 Å². The Labute approximate surface area is 191 Å². The van der Waals surface area contributed by atoms with Gasteiger partial charge >= 0.3 is 0 Å². The van der Waals surface area contributed by atoms with E-state index in [2.05, 4.69) is 29.1 Å². The minimum atomic E-state index is -0.179. The van der Waals surface area contributed by atoms with Crippen LogP contribution in [0.3, 0.4) is 0 Å². The summed E-state index contributed by atoms with van der Waals surface area (Å²) in [5, 5.41) is 4.56. The van der Waals surface area contributed by atoms with E-state index in [1.54, 1.807) is 22.3 Å². The van der Waals surface area contributed by atoms with Crippen molar-refractivity contribution in [1.82, 2.24) is 19.1 Å². The standard InChI is InChI=1S/C25H27N5O3/c1-18-7-3-4-8-20(18)27-11-13-28(14-12-27)24(31)19-17-23-25(32)29(15-16-33-2)21-9-5-6-10-22(21)30(23)26-19/h3-10,17H,11-16H2,1-2H3. The van der Waals surface area contributed by atoms with Crippen LogP contribution in [0.15, 0.2) is 59.4 Å². The van der Waals surface area contributed by atoms with E-state index in [1.807, 2.05) is 41.3 Å². The smallest absolute Gasteiger partial charge is 0.277 e. The number of benzene rings is 2. The molecule has 4 aromatic rings. The molecule has 1 saturated heterocycles. The van der Waals surface area contributed by atoms with Gasteiger partial charge in [0.2, 0.25) is 0 Å². The van der Waals surface area contributed by atoms with Crippen molar-refractivity contribution in [1.29, 1.82) is 0 Å². The SMILES string of the molecule is COCCn1c(=O)c2cc(C(=O)N3CCN(c4ccccc4C)CC3)nn2c2ccccc21. The second kappa shape index (κ2) is 8.71. The maximum absolute atomic E-state index is 13.3. The van der Waals surface area contributed by atoms with Crippen LogP contribution in [0.1, 0.15) is 16.1 Å². The molecule has 0 saturated carbocycles. The Morgan fingerprint density at radius 1 is 0.970 bits per heavy atom.